The van der Waals surface area contributed by atoms with E-state index in [9.17, 15) is 9.90 Å². The maximum atomic E-state index is 13.1. The number of carbonyl (C=O) groups is 1. The summed E-state index contributed by atoms with van der Waals surface area (Å²) in [5.74, 6) is 1.95. The van der Waals surface area contributed by atoms with Crippen LogP contribution in [-0.4, -0.2) is 88.4 Å². The first-order chi connectivity index (χ1) is 19.7. The molecule has 41 heavy (non-hydrogen) atoms. The van der Waals surface area contributed by atoms with Crippen LogP contribution in [0.1, 0.15) is 71.8 Å². The van der Waals surface area contributed by atoms with Gasteiger partial charge in [0.15, 0.2) is 11.5 Å². The van der Waals surface area contributed by atoms with Crippen molar-refractivity contribution in [3.05, 3.63) is 23.8 Å². The molecule has 8 nitrogen and oxygen atoms in total. The highest BCUT2D eigenvalue weighted by Gasteiger charge is 2.31. The molecule has 0 unspecified atom stereocenters. The minimum Gasteiger partial charge on any atom is -0.493 e. The standard InChI is InChI=1S/C33H57N3O5/c1-24(2)27(20-26-12-13-31(40-7)32(21-26)41-19-11-18-39-6)22-29(34-5)30(37)23-28(25(3)4)33(38)35-14-17-36-15-9-8-10-16-36/h12-13,21,24-25,27-30,37H,5,8-11,14-20,22-23H2,1-4,6-7H3,(H,35,38)/t27-,28-,29-,30-/m0/s1. The van der Waals surface area contributed by atoms with E-state index in [-0.39, 0.29) is 29.7 Å². The molecule has 0 spiro atoms. The number of amides is 1. The molecule has 0 bridgehead atoms. The number of aliphatic hydroxyl groups is 1. The Kier molecular flexibility index (Phi) is 16.3. The average molecular weight is 576 g/mol. The average Bonchev–Trinajstić information content (AvgIpc) is 2.96. The smallest absolute Gasteiger partial charge is 0.223 e. The predicted molar refractivity (Wildman–Crippen MR) is 167 cm³/mol. The number of hydrogen-bond donors (Lipinski definition) is 2. The van der Waals surface area contributed by atoms with E-state index in [2.05, 4.69) is 47.9 Å². The van der Waals surface area contributed by atoms with Crippen LogP contribution in [0.5, 0.6) is 11.5 Å². The normalized spacial score (nSPS) is 17.2. The number of methoxy groups -OCH3 is 2. The summed E-state index contributed by atoms with van der Waals surface area (Å²) < 4.78 is 16.6. The number of carbonyl (C=O) groups excluding carboxylic acids is 1. The number of piperidine rings is 1. The second-order valence-corrected chi connectivity index (χ2v) is 12.2. The molecule has 2 N–H and O–H groups in total. The van der Waals surface area contributed by atoms with E-state index in [1.807, 2.05) is 19.9 Å². The Hall–Kier alpha value is -2.16. The van der Waals surface area contributed by atoms with E-state index < -0.39 is 6.10 Å². The molecule has 0 radical (unpaired) electrons. The van der Waals surface area contributed by atoms with Gasteiger partial charge in [0.1, 0.15) is 0 Å². The third-order valence-electron chi connectivity index (χ3n) is 8.45. The maximum Gasteiger partial charge on any atom is 0.223 e. The van der Waals surface area contributed by atoms with Gasteiger partial charge in [-0.2, -0.15) is 0 Å². The maximum absolute atomic E-state index is 13.1. The first kappa shape index (κ1) is 35.0. The van der Waals surface area contributed by atoms with Gasteiger partial charge in [-0.15, -0.1) is 0 Å². The topological polar surface area (TPSA) is 92.6 Å². The van der Waals surface area contributed by atoms with Crippen LogP contribution in [0.3, 0.4) is 0 Å². The summed E-state index contributed by atoms with van der Waals surface area (Å²) in [5.41, 5.74) is 1.15. The summed E-state index contributed by atoms with van der Waals surface area (Å²) in [4.78, 5) is 19.9. The van der Waals surface area contributed by atoms with Gasteiger partial charge in [0.2, 0.25) is 5.91 Å². The van der Waals surface area contributed by atoms with Crippen LogP contribution < -0.4 is 14.8 Å². The van der Waals surface area contributed by atoms with Crippen LogP contribution in [-0.2, 0) is 16.0 Å². The summed E-state index contributed by atoms with van der Waals surface area (Å²) in [6.07, 6.45) is 5.75. The molecule has 1 aromatic carbocycles. The fourth-order valence-corrected chi connectivity index (χ4v) is 5.65. The van der Waals surface area contributed by atoms with Gasteiger partial charge in [-0.25, -0.2) is 0 Å². The lowest BCUT2D eigenvalue weighted by molar-refractivity contribution is -0.127. The third kappa shape index (κ3) is 12.3. The highest BCUT2D eigenvalue weighted by atomic mass is 16.5. The molecule has 234 valence electrons. The fraction of sp³-hybridized carbons (Fsp3) is 0.758. The summed E-state index contributed by atoms with van der Waals surface area (Å²) in [6, 6.07) is 5.74. The minimum absolute atomic E-state index is 0.0237. The van der Waals surface area contributed by atoms with Crippen LogP contribution in [0.15, 0.2) is 23.2 Å². The van der Waals surface area contributed by atoms with Gasteiger partial charge in [-0.3, -0.25) is 9.79 Å². The van der Waals surface area contributed by atoms with Crippen molar-refractivity contribution in [3.8, 4) is 11.5 Å². The SMILES string of the molecule is C=N[C@@H](C[C@H](Cc1ccc(OC)c(OCCCOC)c1)C(C)C)[C@@H](O)C[C@H](C(=O)NCCN1CCCCC1)C(C)C. The number of rotatable bonds is 20. The number of nitrogens with one attached hydrogen (secondary N) is 1. The molecule has 0 aliphatic carbocycles. The second kappa shape index (κ2) is 19.1. The number of benzene rings is 1. The van der Waals surface area contributed by atoms with Crippen molar-refractivity contribution in [1.29, 1.82) is 0 Å². The zero-order chi connectivity index (χ0) is 30.2. The molecule has 1 aromatic rings. The van der Waals surface area contributed by atoms with Gasteiger partial charge < -0.3 is 29.5 Å². The molecule has 1 amide bonds. The zero-order valence-electron chi connectivity index (χ0n) is 26.6. The molecule has 0 saturated carbocycles. The highest BCUT2D eigenvalue weighted by molar-refractivity contribution is 5.78. The Morgan fingerprint density at radius 1 is 1.05 bits per heavy atom. The van der Waals surface area contributed by atoms with Gasteiger partial charge >= 0.3 is 0 Å². The summed E-state index contributed by atoms with van der Waals surface area (Å²) >= 11 is 0. The molecule has 1 fully saturated rings. The van der Waals surface area contributed by atoms with Crippen molar-refractivity contribution in [2.75, 3.05) is 53.6 Å². The van der Waals surface area contributed by atoms with E-state index in [1.54, 1.807) is 14.2 Å². The number of aliphatic imine (C=N–C) groups is 1. The van der Waals surface area contributed by atoms with Crippen LogP contribution in [0.4, 0.5) is 0 Å². The Bertz CT molecular complexity index is 888. The number of aliphatic hydroxyl groups excluding tert-OH is 1. The second-order valence-electron chi connectivity index (χ2n) is 12.2. The number of ether oxygens (including phenoxy) is 3. The van der Waals surface area contributed by atoms with Crippen LogP contribution in [0.25, 0.3) is 0 Å². The predicted octanol–water partition coefficient (Wildman–Crippen LogP) is 5.01. The molecule has 4 atom stereocenters. The first-order valence-corrected chi connectivity index (χ1v) is 15.6. The van der Waals surface area contributed by atoms with Crippen LogP contribution >= 0.6 is 0 Å². The van der Waals surface area contributed by atoms with Crippen LogP contribution in [0, 0.1) is 23.7 Å². The largest absolute Gasteiger partial charge is 0.493 e. The lowest BCUT2D eigenvalue weighted by Gasteiger charge is -2.30. The van der Waals surface area contributed by atoms with Gasteiger partial charge in [0.05, 0.1) is 25.9 Å². The fourth-order valence-electron chi connectivity index (χ4n) is 5.65. The Labute approximate surface area is 249 Å². The molecule has 1 heterocycles. The third-order valence-corrected chi connectivity index (χ3v) is 8.45. The number of hydrogen-bond acceptors (Lipinski definition) is 7. The monoisotopic (exact) mass is 575 g/mol. The minimum atomic E-state index is -0.732. The van der Waals surface area contributed by atoms with Crippen LogP contribution in [0.2, 0.25) is 0 Å². The van der Waals surface area contributed by atoms with Gasteiger partial charge in [0.25, 0.3) is 0 Å². The van der Waals surface area contributed by atoms with E-state index in [0.717, 1.165) is 43.8 Å². The van der Waals surface area contributed by atoms with Crippen molar-refractivity contribution in [2.24, 2.45) is 28.7 Å². The van der Waals surface area contributed by atoms with Gasteiger partial charge in [0, 0.05) is 39.1 Å². The van der Waals surface area contributed by atoms with Crippen molar-refractivity contribution >= 4 is 12.6 Å². The van der Waals surface area contributed by atoms with Crippen molar-refractivity contribution in [1.82, 2.24) is 10.2 Å². The zero-order valence-corrected chi connectivity index (χ0v) is 26.6. The molecular weight excluding hydrogens is 518 g/mol. The van der Waals surface area contributed by atoms with E-state index in [1.165, 1.54) is 19.3 Å². The van der Waals surface area contributed by atoms with E-state index in [4.69, 9.17) is 14.2 Å². The number of likely N-dealkylation sites (tertiary alicyclic amines) is 1. The molecule has 8 heteroatoms. The van der Waals surface area contributed by atoms with E-state index >= 15 is 0 Å². The molecule has 1 aliphatic heterocycles. The first-order valence-electron chi connectivity index (χ1n) is 15.6. The lowest BCUT2D eigenvalue weighted by atomic mass is 9.80. The summed E-state index contributed by atoms with van der Waals surface area (Å²) in [6.45, 7) is 17.3. The lowest BCUT2D eigenvalue weighted by Crippen LogP contribution is -2.42. The summed E-state index contributed by atoms with van der Waals surface area (Å²) in [7, 11) is 3.33. The van der Waals surface area contributed by atoms with Gasteiger partial charge in [-0.05, 0) is 87.4 Å². The molecule has 1 aliphatic rings. The van der Waals surface area contributed by atoms with Gasteiger partial charge in [-0.1, -0.05) is 40.2 Å². The van der Waals surface area contributed by atoms with Crippen molar-refractivity contribution < 1.29 is 24.1 Å². The van der Waals surface area contributed by atoms with Crippen molar-refractivity contribution in [3.63, 3.8) is 0 Å². The Balaban J connectivity index is 2.00. The molecule has 0 aromatic heterocycles. The Morgan fingerprint density at radius 2 is 1.78 bits per heavy atom. The summed E-state index contributed by atoms with van der Waals surface area (Å²) in [5, 5.41) is 14.4. The quantitative estimate of drug-likeness (QED) is 0.168. The highest BCUT2D eigenvalue weighted by Crippen LogP contribution is 2.32. The molecule has 2 rings (SSSR count). The number of nitrogens with zero attached hydrogens (tertiary/aromatic N) is 2. The van der Waals surface area contributed by atoms with E-state index in [0.29, 0.717) is 44.3 Å². The van der Waals surface area contributed by atoms with Crippen molar-refractivity contribution in [2.45, 2.75) is 84.8 Å². The Morgan fingerprint density at radius 3 is 2.39 bits per heavy atom. The molecular formula is C33H57N3O5. The molecule has 1 saturated heterocycles.